The van der Waals surface area contributed by atoms with Gasteiger partial charge in [-0.05, 0) is 67.5 Å². The fourth-order valence-electron chi connectivity index (χ4n) is 4.09. The van der Waals surface area contributed by atoms with Crippen LogP contribution < -0.4 is 14.8 Å². The number of aromatic nitrogens is 2. The molecule has 0 aliphatic heterocycles. The summed E-state index contributed by atoms with van der Waals surface area (Å²) in [6.07, 6.45) is 5.45. The highest BCUT2D eigenvalue weighted by molar-refractivity contribution is 5.76. The summed E-state index contributed by atoms with van der Waals surface area (Å²) < 4.78 is 15.9. The summed E-state index contributed by atoms with van der Waals surface area (Å²) in [7, 11) is 3.16. The molecule has 1 N–H and O–H groups in total. The van der Waals surface area contributed by atoms with Gasteiger partial charge in [0.05, 0.1) is 20.3 Å². The normalized spacial score (nSPS) is 13.8. The molecule has 0 radical (unpaired) electrons. The molecular formula is C25H29N3O4. The molecule has 1 aromatic heterocycles. The van der Waals surface area contributed by atoms with Crippen LogP contribution in [0.4, 0.5) is 0 Å². The number of nitrogens with one attached hydrogen (secondary N) is 1. The summed E-state index contributed by atoms with van der Waals surface area (Å²) in [6.45, 7) is 2.02. The molecule has 2 aromatic carbocycles. The Hall–Kier alpha value is -3.35. The fourth-order valence-corrected chi connectivity index (χ4v) is 4.09. The average Bonchev–Trinajstić information content (AvgIpc) is 3.31. The minimum absolute atomic E-state index is 0.0407. The maximum Gasteiger partial charge on any atom is 0.227 e. The molecule has 1 unspecified atom stereocenters. The van der Waals surface area contributed by atoms with Gasteiger partial charge in [0.2, 0.25) is 17.6 Å². The third-order valence-electron chi connectivity index (χ3n) is 5.93. The first-order valence-electron chi connectivity index (χ1n) is 11.0. The minimum Gasteiger partial charge on any atom is -0.493 e. The second-order valence-corrected chi connectivity index (χ2v) is 8.11. The molecular weight excluding hydrogens is 406 g/mol. The predicted molar refractivity (Wildman–Crippen MR) is 121 cm³/mol. The van der Waals surface area contributed by atoms with Crippen LogP contribution in [0, 0.1) is 0 Å². The van der Waals surface area contributed by atoms with E-state index in [0.29, 0.717) is 29.6 Å². The molecule has 0 spiro atoms. The molecule has 4 rings (SSSR count). The number of methoxy groups -OCH3 is 2. The van der Waals surface area contributed by atoms with Gasteiger partial charge in [-0.25, -0.2) is 0 Å². The molecule has 0 saturated heterocycles. The first kappa shape index (κ1) is 21.9. The first-order chi connectivity index (χ1) is 15.6. The van der Waals surface area contributed by atoms with Crippen molar-refractivity contribution >= 4 is 5.91 Å². The molecule has 168 valence electrons. The van der Waals surface area contributed by atoms with Crippen LogP contribution in [0.1, 0.15) is 54.8 Å². The van der Waals surface area contributed by atoms with E-state index in [1.54, 1.807) is 26.4 Å². The number of nitrogens with zero attached hydrogens (tertiary/aromatic N) is 2. The lowest BCUT2D eigenvalue weighted by Gasteiger charge is -2.20. The Morgan fingerprint density at radius 3 is 2.62 bits per heavy atom. The molecule has 1 atom stereocenters. The van der Waals surface area contributed by atoms with E-state index in [1.807, 2.05) is 13.0 Å². The third kappa shape index (κ3) is 4.93. The fraction of sp³-hybridized carbons (Fsp3) is 0.400. The van der Waals surface area contributed by atoms with Crippen LogP contribution in [0.3, 0.4) is 0 Å². The average molecular weight is 436 g/mol. The van der Waals surface area contributed by atoms with Crippen LogP contribution in [-0.2, 0) is 24.1 Å². The Bertz CT molecular complexity index is 1090. The summed E-state index contributed by atoms with van der Waals surface area (Å²) in [6, 6.07) is 12.0. The predicted octanol–water partition coefficient (Wildman–Crippen LogP) is 4.44. The van der Waals surface area contributed by atoms with Crippen molar-refractivity contribution in [2.75, 3.05) is 14.2 Å². The van der Waals surface area contributed by atoms with Crippen LogP contribution in [0.2, 0.25) is 0 Å². The quantitative estimate of drug-likeness (QED) is 0.563. The SMILES string of the molecule is COc1ccc(-c2noc(CCC(=O)NC(C)c3ccc4c(c3)CCCC4)n2)cc1OC. The highest BCUT2D eigenvalue weighted by Crippen LogP contribution is 2.31. The van der Waals surface area contributed by atoms with E-state index in [-0.39, 0.29) is 18.4 Å². The van der Waals surface area contributed by atoms with Gasteiger partial charge in [0.1, 0.15) is 0 Å². The van der Waals surface area contributed by atoms with Crippen molar-refractivity contribution in [2.45, 2.75) is 51.5 Å². The van der Waals surface area contributed by atoms with E-state index in [9.17, 15) is 4.79 Å². The third-order valence-corrected chi connectivity index (χ3v) is 5.93. The van der Waals surface area contributed by atoms with Crippen LogP contribution in [-0.4, -0.2) is 30.3 Å². The Kier molecular flexibility index (Phi) is 6.73. The Morgan fingerprint density at radius 1 is 1.06 bits per heavy atom. The maximum absolute atomic E-state index is 12.5. The summed E-state index contributed by atoms with van der Waals surface area (Å²) >= 11 is 0. The molecule has 3 aromatic rings. The van der Waals surface area contributed by atoms with E-state index in [1.165, 1.54) is 24.0 Å². The number of benzene rings is 2. The molecule has 32 heavy (non-hydrogen) atoms. The van der Waals surface area contributed by atoms with Crippen molar-refractivity contribution in [3.8, 4) is 22.9 Å². The lowest BCUT2D eigenvalue weighted by atomic mass is 9.89. The number of hydrogen-bond donors (Lipinski definition) is 1. The first-order valence-corrected chi connectivity index (χ1v) is 11.0. The number of hydrogen-bond acceptors (Lipinski definition) is 6. The van der Waals surface area contributed by atoms with E-state index < -0.39 is 0 Å². The lowest BCUT2D eigenvalue weighted by molar-refractivity contribution is -0.121. The Morgan fingerprint density at radius 2 is 1.84 bits per heavy atom. The molecule has 7 heteroatoms. The number of fused-ring (bicyclic) bond motifs is 1. The van der Waals surface area contributed by atoms with Gasteiger partial charge in [-0.3, -0.25) is 4.79 Å². The van der Waals surface area contributed by atoms with Crippen molar-refractivity contribution in [2.24, 2.45) is 0 Å². The number of rotatable bonds is 8. The van der Waals surface area contributed by atoms with Gasteiger partial charge >= 0.3 is 0 Å². The van der Waals surface area contributed by atoms with E-state index >= 15 is 0 Å². The molecule has 1 amide bonds. The van der Waals surface area contributed by atoms with Crippen LogP contribution in [0.25, 0.3) is 11.4 Å². The Labute approximate surface area is 188 Å². The van der Waals surface area contributed by atoms with Gasteiger partial charge < -0.3 is 19.3 Å². The van der Waals surface area contributed by atoms with E-state index in [0.717, 1.165) is 24.0 Å². The second-order valence-electron chi connectivity index (χ2n) is 8.11. The largest absolute Gasteiger partial charge is 0.493 e. The summed E-state index contributed by atoms with van der Waals surface area (Å²) in [5, 5.41) is 7.11. The molecule has 0 saturated carbocycles. The topological polar surface area (TPSA) is 86.5 Å². The Balaban J connectivity index is 1.33. The van der Waals surface area contributed by atoms with Crippen LogP contribution in [0.5, 0.6) is 11.5 Å². The van der Waals surface area contributed by atoms with Gasteiger partial charge in [-0.2, -0.15) is 4.98 Å². The molecule has 1 aliphatic rings. The second kappa shape index (κ2) is 9.85. The van der Waals surface area contributed by atoms with Gasteiger partial charge in [0.15, 0.2) is 11.5 Å². The molecule has 1 aliphatic carbocycles. The van der Waals surface area contributed by atoms with Crippen molar-refractivity contribution in [1.82, 2.24) is 15.5 Å². The number of aryl methyl sites for hydroxylation is 3. The summed E-state index contributed by atoms with van der Waals surface area (Å²) in [4.78, 5) is 16.9. The van der Waals surface area contributed by atoms with Gasteiger partial charge in [-0.1, -0.05) is 23.4 Å². The minimum atomic E-state index is -0.0419. The molecule has 1 heterocycles. The molecule has 0 fully saturated rings. The zero-order chi connectivity index (χ0) is 22.5. The van der Waals surface area contributed by atoms with Crippen LogP contribution in [0.15, 0.2) is 40.9 Å². The zero-order valence-electron chi connectivity index (χ0n) is 18.8. The smallest absolute Gasteiger partial charge is 0.227 e. The number of carbonyl (C=O) groups is 1. The van der Waals surface area contributed by atoms with Crippen molar-refractivity contribution in [1.29, 1.82) is 0 Å². The highest BCUT2D eigenvalue weighted by Gasteiger charge is 2.16. The van der Waals surface area contributed by atoms with E-state index in [2.05, 4.69) is 33.7 Å². The lowest BCUT2D eigenvalue weighted by Crippen LogP contribution is -2.27. The van der Waals surface area contributed by atoms with Crippen molar-refractivity contribution in [3.63, 3.8) is 0 Å². The maximum atomic E-state index is 12.5. The number of carbonyl (C=O) groups excluding carboxylic acids is 1. The monoisotopic (exact) mass is 435 g/mol. The summed E-state index contributed by atoms with van der Waals surface area (Å²) in [5.41, 5.74) is 4.76. The van der Waals surface area contributed by atoms with Gasteiger partial charge in [0.25, 0.3) is 0 Å². The zero-order valence-corrected chi connectivity index (χ0v) is 18.8. The van der Waals surface area contributed by atoms with E-state index in [4.69, 9.17) is 14.0 Å². The van der Waals surface area contributed by atoms with Gasteiger partial charge in [-0.15, -0.1) is 0 Å². The van der Waals surface area contributed by atoms with Gasteiger partial charge in [0, 0.05) is 18.4 Å². The van der Waals surface area contributed by atoms with Crippen molar-refractivity contribution in [3.05, 3.63) is 59.0 Å². The van der Waals surface area contributed by atoms with Crippen molar-refractivity contribution < 1.29 is 18.8 Å². The number of ether oxygens (including phenoxy) is 2. The molecule has 0 bridgehead atoms. The van der Waals surface area contributed by atoms with Crippen LogP contribution >= 0.6 is 0 Å². The standard InChI is InChI=1S/C25H29N3O4/c1-16(18-9-8-17-6-4-5-7-19(17)14-18)26-23(29)12-13-24-27-25(28-32-24)20-10-11-21(30-2)22(15-20)31-3/h8-11,14-16H,4-7,12-13H2,1-3H3,(H,26,29). The molecule has 7 nitrogen and oxygen atoms in total. The highest BCUT2D eigenvalue weighted by atomic mass is 16.5. The summed E-state index contributed by atoms with van der Waals surface area (Å²) in [5.74, 6) is 2.05. The number of amides is 1.